The molecule has 280 valence electrons. The van der Waals surface area contributed by atoms with E-state index < -0.39 is 0 Å². The second kappa shape index (κ2) is 14.6. The molecule has 1 spiro atoms. The summed E-state index contributed by atoms with van der Waals surface area (Å²) < 4.78 is 7.92. The molecule has 8 rings (SSSR count). The van der Waals surface area contributed by atoms with Gasteiger partial charge in [0.1, 0.15) is 11.4 Å². The van der Waals surface area contributed by atoms with Crippen molar-refractivity contribution in [2.75, 3.05) is 46.4 Å². The van der Waals surface area contributed by atoms with E-state index in [4.69, 9.17) is 32.9 Å². The normalized spacial score (nSPS) is 17.1. The Morgan fingerprint density at radius 2 is 1.61 bits per heavy atom. The number of benzene rings is 2. The summed E-state index contributed by atoms with van der Waals surface area (Å²) in [6.07, 6.45) is 5.80. The fraction of sp³-hybridized carbons (Fsp3) is 0.381. The van der Waals surface area contributed by atoms with E-state index in [0.717, 1.165) is 115 Å². The summed E-state index contributed by atoms with van der Waals surface area (Å²) in [5, 5.41) is 5.87. The number of pyridine rings is 2. The average Bonchev–Trinajstić information content (AvgIpc) is 3.45. The van der Waals surface area contributed by atoms with Gasteiger partial charge in [0, 0.05) is 130 Å². The van der Waals surface area contributed by atoms with E-state index in [2.05, 4.69) is 38.1 Å². The number of likely N-dealkylation sites (tertiary alicyclic amines) is 3. The minimum atomic E-state index is 0.150. The highest BCUT2D eigenvalue weighted by Crippen LogP contribution is 2.44. The monoisotopic (exact) mass is 765 g/mol. The van der Waals surface area contributed by atoms with Crippen molar-refractivity contribution < 1.29 is 14.3 Å². The minimum absolute atomic E-state index is 0.150. The van der Waals surface area contributed by atoms with Gasteiger partial charge in [0.25, 0.3) is 0 Å². The number of hydrogen-bond acceptors (Lipinski definition) is 7. The lowest BCUT2D eigenvalue weighted by molar-refractivity contribution is -0.157. The van der Waals surface area contributed by atoms with Crippen LogP contribution in [0, 0.1) is 5.41 Å². The van der Waals surface area contributed by atoms with Gasteiger partial charge in [-0.25, -0.2) is 4.98 Å². The number of nitrogens with one attached hydrogen (secondary N) is 1. The van der Waals surface area contributed by atoms with Crippen LogP contribution < -0.4 is 10.1 Å². The number of fused-ring (bicyclic) bond motifs is 1. The van der Waals surface area contributed by atoms with Crippen LogP contribution in [0.1, 0.15) is 37.8 Å². The molecule has 2 aromatic carbocycles. The van der Waals surface area contributed by atoms with Crippen LogP contribution in [-0.2, 0) is 29.7 Å². The predicted molar refractivity (Wildman–Crippen MR) is 213 cm³/mol. The van der Waals surface area contributed by atoms with Gasteiger partial charge >= 0.3 is 0 Å². The molecule has 0 radical (unpaired) electrons. The maximum absolute atomic E-state index is 11.7. The van der Waals surface area contributed by atoms with E-state index in [9.17, 15) is 9.59 Å². The molecular formula is C42H45Cl2N7O3. The molecule has 3 fully saturated rings. The van der Waals surface area contributed by atoms with Crippen LogP contribution in [0.2, 0.25) is 10.0 Å². The van der Waals surface area contributed by atoms with Crippen LogP contribution >= 0.6 is 23.2 Å². The standard InChI is InChI=1S/C42H45Cl2N7O3/c1-26(52)50-16-13-31(14-17-50)46-19-30-20-48(3)41-32(30)10-11-36(47-41)35-7-5-6-33(38(35)43)34-12-15-45-40(39(34)44)28-8-9-29(37(18-28)54-4)21-49-22-42(23-49)24-51(25-42)27(2)53/h5-12,15,18,20,31,46H,13-14,16-17,19,21-25H2,1-4H3. The van der Waals surface area contributed by atoms with Gasteiger partial charge in [-0.15, -0.1) is 0 Å². The van der Waals surface area contributed by atoms with E-state index >= 15 is 0 Å². The van der Waals surface area contributed by atoms with Crippen LogP contribution in [0.4, 0.5) is 0 Å². The number of methoxy groups -OCH3 is 1. The number of rotatable bonds is 9. The highest BCUT2D eigenvalue weighted by Gasteiger charge is 2.52. The molecule has 5 aromatic rings. The average molecular weight is 767 g/mol. The number of aromatic nitrogens is 3. The van der Waals surface area contributed by atoms with Gasteiger partial charge in [-0.1, -0.05) is 53.5 Å². The number of halogens is 2. The molecule has 12 heteroatoms. The van der Waals surface area contributed by atoms with Gasteiger partial charge in [-0.3, -0.25) is 19.5 Å². The van der Waals surface area contributed by atoms with E-state index in [1.165, 1.54) is 5.56 Å². The molecule has 6 heterocycles. The molecule has 3 saturated heterocycles. The molecule has 0 saturated carbocycles. The van der Waals surface area contributed by atoms with Gasteiger partial charge in [-0.2, -0.15) is 0 Å². The topological polar surface area (TPSA) is 95.8 Å². The predicted octanol–water partition coefficient (Wildman–Crippen LogP) is 7.05. The van der Waals surface area contributed by atoms with E-state index in [0.29, 0.717) is 21.8 Å². The Kier molecular flexibility index (Phi) is 9.89. The fourth-order valence-electron chi connectivity index (χ4n) is 8.53. The number of amides is 2. The Balaban J connectivity index is 0.996. The summed E-state index contributed by atoms with van der Waals surface area (Å²) in [6, 6.07) is 18.5. The highest BCUT2D eigenvalue weighted by molar-refractivity contribution is 6.39. The van der Waals surface area contributed by atoms with Crippen molar-refractivity contribution in [3.63, 3.8) is 0 Å². The summed E-state index contributed by atoms with van der Waals surface area (Å²) >= 11 is 14.4. The van der Waals surface area contributed by atoms with E-state index in [1.807, 2.05) is 59.3 Å². The van der Waals surface area contributed by atoms with Crippen LogP contribution in [0.3, 0.4) is 0 Å². The molecule has 3 aliphatic rings. The molecule has 0 atom stereocenters. The Labute approximate surface area is 326 Å². The number of nitrogens with zero attached hydrogens (tertiary/aromatic N) is 6. The van der Waals surface area contributed by atoms with E-state index in [-0.39, 0.29) is 17.2 Å². The first kappa shape index (κ1) is 36.5. The molecule has 3 aromatic heterocycles. The highest BCUT2D eigenvalue weighted by atomic mass is 35.5. The van der Waals surface area contributed by atoms with Gasteiger partial charge in [0.05, 0.1) is 28.5 Å². The molecule has 0 unspecified atom stereocenters. The van der Waals surface area contributed by atoms with Crippen molar-refractivity contribution in [1.82, 2.24) is 34.6 Å². The number of ether oxygens (including phenoxy) is 1. The van der Waals surface area contributed by atoms with Gasteiger partial charge in [0.2, 0.25) is 11.8 Å². The lowest BCUT2D eigenvalue weighted by Crippen LogP contribution is -2.72. The van der Waals surface area contributed by atoms with Gasteiger partial charge < -0.3 is 24.4 Å². The smallest absolute Gasteiger partial charge is 0.219 e. The molecule has 3 aliphatic heterocycles. The lowest BCUT2D eigenvalue weighted by atomic mass is 9.72. The third kappa shape index (κ3) is 6.85. The summed E-state index contributed by atoms with van der Waals surface area (Å²) in [5.74, 6) is 1.09. The van der Waals surface area contributed by atoms with Crippen LogP contribution in [0.5, 0.6) is 5.75 Å². The molecule has 0 bridgehead atoms. The van der Waals surface area contributed by atoms with Crippen LogP contribution in [-0.4, -0.2) is 93.5 Å². The minimum Gasteiger partial charge on any atom is -0.496 e. The first-order chi connectivity index (χ1) is 26.0. The number of piperidine rings is 1. The summed E-state index contributed by atoms with van der Waals surface area (Å²) in [7, 11) is 3.71. The quantitative estimate of drug-likeness (QED) is 0.172. The lowest BCUT2D eigenvalue weighted by Gasteiger charge is -2.60. The van der Waals surface area contributed by atoms with Crippen molar-refractivity contribution in [3.8, 4) is 39.4 Å². The summed E-state index contributed by atoms with van der Waals surface area (Å²) in [4.78, 5) is 39.4. The number of aryl methyl sites for hydroxylation is 1. The first-order valence-corrected chi connectivity index (χ1v) is 19.3. The number of hydrogen-bond donors (Lipinski definition) is 1. The number of carbonyl (C=O) groups excluding carboxylic acids is 2. The third-order valence-corrected chi connectivity index (χ3v) is 12.2. The SMILES string of the molecule is COc1cc(-c2nccc(-c3cccc(-c4ccc5c(CNC6CCN(C(C)=O)CC6)cn(C)c5n4)c3Cl)c2Cl)ccc1CN1CC2(C1)CN(C(C)=O)C2. The van der Waals surface area contributed by atoms with Crippen molar-refractivity contribution >= 4 is 46.0 Å². The zero-order valence-electron chi connectivity index (χ0n) is 31.2. The van der Waals surface area contributed by atoms with Crippen LogP contribution in [0.15, 0.2) is 67.0 Å². The van der Waals surface area contributed by atoms with Gasteiger partial charge in [0.15, 0.2) is 0 Å². The second-order valence-electron chi connectivity index (χ2n) is 15.2. The molecular weight excluding hydrogens is 721 g/mol. The van der Waals surface area contributed by atoms with Crippen molar-refractivity contribution in [2.24, 2.45) is 12.5 Å². The largest absolute Gasteiger partial charge is 0.496 e. The third-order valence-electron chi connectivity index (χ3n) is 11.5. The first-order valence-electron chi connectivity index (χ1n) is 18.6. The van der Waals surface area contributed by atoms with Gasteiger partial charge in [-0.05, 0) is 42.7 Å². The number of carbonyl (C=O) groups is 2. The molecule has 54 heavy (non-hydrogen) atoms. The van der Waals surface area contributed by atoms with Crippen molar-refractivity contribution in [3.05, 3.63) is 88.2 Å². The molecule has 2 amide bonds. The zero-order chi connectivity index (χ0) is 37.7. The Bertz CT molecular complexity index is 2250. The summed E-state index contributed by atoms with van der Waals surface area (Å²) in [5.41, 5.74) is 8.09. The fourth-order valence-corrected chi connectivity index (χ4v) is 9.18. The Morgan fingerprint density at radius 1 is 0.889 bits per heavy atom. The zero-order valence-corrected chi connectivity index (χ0v) is 32.7. The molecule has 0 aliphatic carbocycles. The van der Waals surface area contributed by atoms with Crippen molar-refractivity contribution in [2.45, 2.75) is 45.8 Å². The maximum atomic E-state index is 11.7. The summed E-state index contributed by atoms with van der Waals surface area (Å²) in [6.45, 7) is 10.1. The van der Waals surface area contributed by atoms with Crippen LogP contribution in [0.25, 0.3) is 44.7 Å². The molecule has 1 N–H and O–H groups in total. The molecule has 10 nitrogen and oxygen atoms in total. The Hall–Kier alpha value is -4.48. The maximum Gasteiger partial charge on any atom is 0.219 e. The van der Waals surface area contributed by atoms with Crippen molar-refractivity contribution in [1.29, 1.82) is 0 Å². The second-order valence-corrected chi connectivity index (χ2v) is 16.0. The Morgan fingerprint density at radius 3 is 2.33 bits per heavy atom. The van der Waals surface area contributed by atoms with E-state index in [1.54, 1.807) is 27.2 Å².